The van der Waals surface area contributed by atoms with E-state index in [0.29, 0.717) is 0 Å². The Labute approximate surface area is 97.5 Å². The molecular weight excluding hydrogens is 202 g/mol. The van der Waals surface area contributed by atoms with E-state index in [2.05, 4.69) is 17.5 Å². The molecule has 2 aliphatic heterocycles. The van der Waals surface area contributed by atoms with Gasteiger partial charge in [0, 0.05) is 6.54 Å². The van der Waals surface area contributed by atoms with Crippen molar-refractivity contribution in [2.45, 2.75) is 19.3 Å². The van der Waals surface area contributed by atoms with Gasteiger partial charge in [-0.25, -0.2) is 0 Å². The topological polar surface area (TPSA) is 30.5 Å². The summed E-state index contributed by atoms with van der Waals surface area (Å²) < 4.78 is 10.7. The minimum absolute atomic E-state index is 0.800. The number of rotatable bonds is 5. The first kappa shape index (κ1) is 11.8. The average Bonchev–Trinajstić information content (AvgIpc) is 2.37. The molecule has 0 atom stereocenters. The summed E-state index contributed by atoms with van der Waals surface area (Å²) in [5.74, 6) is 0. The Bertz CT molecular complexity index is 243. The van der Waals surface area contributed by atoms with E-state index in [9.17, 15) is 0 Å². The van der Waals surface area contributed by atoms with Crippen molar-refractivity contribution < 1.29 is 9.47 Å². The predicted molar refractivity (Wildman–Crippen MR) is 64.5 cm³/mol. The molecule has 2 rings (SSSR count). The third-order valence-corrected chi connectivity index (χ3v) is 3.01. The molecule has 0 fully saturated rings. The fraction of sp³-hybridized carbons (Fsp3) is 0.692. The van der Waals surface area contributed by atoms with E-state index in [4.69, 9.17) is 9.47 Å². The molecule has 3 nitrogen and oxygen atoms in total. The number of hydrogen-bond donors (Lipinski definition) is 1. The lowest BCUT2D eigenvalue weighted by atomic mass is 10.1. The van der Waals surface area contributed by atoms with Crippen LogP contribution < -0.4 is 5.32 Å². The van der Waals surface area contributed by atoms with Gasteiger partial charge in [-0.2, -0.15) is 0 Å². The maximum atomic E-state index is 5.39. The van der Waals surface area contributed by atoms with Gasteiger partial charge in [0.25, 0.3) is 0 Å². The minimum atomic E-state index is 0.800. The second-order valence-electron chi connectivity index (χ2n) is 4.32. The first-order chi connectivity index (χ1) is 7.95. The fourth-order valence-corrected chi connectivity index (χ4v) is 2.02. The monoisotopic (exact) mass is 223 g/mol. The number of nitrogens with one attached hydrogen (secondary N) is 1. The molecule has 0 aliphatic carbocycles. The lowest BCUT2D eigenvalue weighted by molar-refractivity contribution is 0.148. The van der Waals surface area contributed by atoms with Gasteiger partial charge >= 0.3 is 0 Å². The molecule has 16 heavy (non-hydrogen) atoms. The van der Waals surface area contributed by atoms with E-state index < -0.39 is 0 Å². The van der Waals surface area contributed by atoms with Crippen molar-refractivity contribution in [1.82, 2.24) is 5.32 Å². The standard InChI is InChI=1S/C13H21NO2/c1-2-13(11-16-7-1)10-14-6-3-12-4-8-15-9-5-12/h2,4,14H,1,3,5-11H2. The van der Waals surface area contributed by atoms with Gasteiger partial charge in [0.15, 0.2) is 0 Å². The summed E-state index contributed by atoms with van der Waals surface area (Å²) in [4.78, 5) is 0. The Balaban J connectivity index is 1.57. The van der Waals surface area contributed by atoms with Crippen molar-refractivity contribution in [3.05, 3.63) is 23.3 Å². The first-order valence-electron chi connectivity index (χ1n) is 6.17. The quantitative estimate of drug-likeness (QED) is 0.568. The molecule has 3 heteroatoms. The van der Waals surface area contributed by atoms with Crippen LogP contribution in [0.25, 0.3) is 0 Å². The van der Waals surface area contributed by atoms with Crippen LogP contribution in [0.3, 0.4) is 0 Å². The summed E-state index contributed by atoms with van der Waals surface area (Å²) in [6, 6.07) is 0. The highest BCUT2D eigenvalue weighted by atomic mass is 16.5. The first-order valence-corrected chi connectivity index (χ1v) is 6.17. The summed E-state index contributed by atoms with van der Waals surface area (Å²) in [5, 5.41) is 3.47. The molecule has 0 saturated carbocycles. The Morgan fingerprint density at radius 1 is 1.12 bits per heavy atom. The van der Waals surface area contributed by atoms with Crippen molar-refractivity contribution in [1.29, 1.82) is 0 Å². The predicted octanol–water partition coefficient (Wildman–Crippen LogP) is 1.66. The van der Waals surface area contributed by atoms with Crippen LogP contribution >= 0.6 is 0 Å². The summed E-state index contributed by atoms with van der Waals surface area (Å²) in [6.07, 6.45) is 7.84. The van der Waals surface area contributed by atoms with E-state index in [0.717, 1.165) is 58.8 Å². The third-order valence-electron chi connectivity index (χ3n) is 3.01. The van der Waals surface area contributed by atoms with E-state index in [1.165, 1.54) is 11.1 Å². The molecule has 0 saturated heterocycles. The molecule has 0 spiro atoms. The van der Waals surface area contributed by atoms with Crippen molar-refractivity contribution in [2.24, 2.45) is 0 Å². The van der Waals surface area contributed by atoms with Gasteiger partial charge in [-0.1, -0.05) is 17.7 Å². The van der Waals surface area contributed by atoms with Crippen LogP contribution in [-0.4, -0.2) is 39.5 Å². The van der Waals surface area contributed by atoms with Gasteiger partial charge in [-0.3, -0.25) is 0 Å². The van der Waals surface area contributed by atoms with E-state index >= 15 is 0 Å². The smallest absolute Gasteiger partial charge is 0.0689 e. The maximum Gasteiger partial charge on any atom is 0.0689 e. The van der Waals surface area contributed by atoms with E-state index in [-0.39, 0.29) is 0 Å². The Hall–Kier alpha value is -0.640. The molecule has 0 bridgehead atoms. The highest BCUT2D eigenvalue weighted by Gasteiger charge is 2.05. The summed E-state index contributed by atoms with van der Waals surface area (Å²) in [7, 11) is 0. The summed E-state index contributed by atoms with van der Waals surface area (Å²) >= 11 is 0. The van der Waals surface area contributed by atoms with E-state index in [1.807, 2.05) is 0 Å². The molecular formula is C13H21NO2. The number of hydrogen-bond acceptors (Lipinski definition) is 3. The van der Waals surface area contributed by atoms with Crippen LogP contribution in [0, 0.1) is 0 Å². The van der Waals surface area contributed by atoms with Gasteiger partial charge in [-0.15, -0.1) is 0 Å². The van der Waals surface area contributed by atoms with Crippen LogP contribution in [0.2, 0.25) is 0 Å². The van der Waals surface area contributed by atoms with Gasteiger partial charge in [0.1, 0.15) is 0 Å². The molecule has 2 heterocycles. The average molecular weight is 223 g/mol. The molecule has 1 N–H and O–H groups in total. The highest BCUT2D eigenvalue weighted by molar-refractivity contribution is 5.08. The van der Waals surface area contributed by atoms with Crippen molar-refractivity contribution >= 4 is 0 Å². The van der Waals surface area contributed by atoms with Crippen molar-refractivity contribution in [2.75, 3.05) is 39.5 Å². The van der Waals surface area contributed by atoms with Gasteiger partial charge < -0.3 is 14.8 Å². The molecule has 2 aliphatic rings. The molecule has 0 unspecified atom stereocenters. The Morgan fingerprint density at radius 2 is 2.12 bits per heavy atom. The number of ether oxygens (including phenoxy) is 2. The van der Waals surface area contributed by atoms with Crippen molar-refractivity contribution in [3.8, 4) is 0 Å². The zero-order chi connectivity index (χ0) is 11.1. The van der Waals surface area contributed by atoms with Crippen LogP contribution in [-0.2, 0) is 9.47 Å². The van der Waals surface area contributed by atoms with Gasteiger partial charge in [0.05, 0.1) is 26.4 Å². The van der Waals surface area contributed by atoms with Gasteiger partial charge in [-0.05, 0) is 31.4 Å². The largest absolute Gasteiger partial charge is 0.377 e. The lowest BCUT2D eigenvalue weighted by Gasteiger charge is -2.16. The summed E-state index contributed by atoms with van der Waals surface area (Å²) in [5.41, 5.74) is 2.93. The van der Waals surface area contributed by atoms with Crippen LogP contribution in [0.5, 0.6) is 0 Å². The second kappa shape index (κ2) is 6.84. The minimum Gasteiger partial charge on any atom is -0.377 e. The normalized spacial score (nSPS) is 21.5. The molecule has 0 aromatic heterocycles. The SMILES string of the molecule is C1=C(CCNCC2=CCCOC2)CCOC1. The molecule has 90 valence electrons. The lowest BCUT2D eigenvalue weighted by Crippen LogP contribution is -2.23. The fourth-order valence-electron chi connectivity index (χ4n) is 2.02. The molecule has 0 radical (unpaired) electrons. The van der Waals surface area contributed by atoms with Crippen molar-refractivity contribution in [3.63, 3.8) is 0 Å². The molecule has 0 amide bonds. The molecule has 0 aromatic carbocycles. The Morgan fingerprint density at radius 3 is 2.88 bits per heavy atom. The van der Waals surface area contributed by atoms with Crippen LogP contribution in [0.15, 0.2) is 23.3 Å². The zero-order valence-corrected chi connectivity index (χ0v) is 9.84. The summed E-state index contributed by atoms with van der Waals surface area (Å²) in [6.45, 7) is 5.42. The van der Waals surface area contributed by atoms with Crippen LogP contribution in [0.4, 0.5) is 0 Å². The second-order valence-corrected chi connectivity index (χ2v) is 4.32. The van der Waals surface area contributed by atoms with E-state index in [1.54, 1.807) is 0 Å². The maximum absolute atomic E-state index is 5.39. The highest BCUT2D eigenvalue weighted by Crippen LogP contribution is 2.11. The van der Waals surface area contributed by atoms with Gasteiger partial charge in [0.2, 0.25) is 0 Å². The van der Waals surface area contributed by atoms with Crippen LogP contribution in [0.1, 0.15) is 19.3 Å². The molecule has 0 aromatic rings. The third kappa shape index (κ3) is 4.08. The Kier molecular flexibility index (Phi) is 5.06. The zero-order valence-electron chi connectivity index (χ0n) is 9.84.